The molecule has 0 saturated carbocycles. The third-order valence-corrected chi connectivity index (χ3v) is 4.53. The SMILES string of the molecule is CCCCCCCCCCCC[N+]1CCCCCC1. The smallest absolute Gasteiger partial charge is 0.122 e. The monoisotopic (exact) mass is 267 g/mol. The van der Waals surface area contributed by atoms with Crippen LogP contribution in [0.15, 0.2) is 0 Å². The summed E-state index contributed by atoms with van der Waals surface area (Å²) in [7, 11) is 0. The third kappa shape index (κ3) is 10.4. The Morgan fingerprint density at radius 2 is 1.05 bits per heavy atom. The van der Waals surface area contributed by atoms with Crippen molar-refractivity contribution in [1.29, 1.82) is 0 Å². The topological polar surface area (TPSA) is 5.90 Å². The molecule has 1 rings (SSSR count). The molecule has 1 aliphatic heterocycles. The lowest BCUT2D eigenvalue weighted by molar-refractivity contribution is 0.402. The van der Waals surface area contributed by atoms with Gasteiger partial charge < -0.3 is 0 Å². The van der Waals surface area contributed by atoms with Crippen molar-refractivity contribution in [3.63, 3.8) is 0 Å². The summed E-state index contributed by atoms with van der Waals surface area (Å²) in [5.74, 6) is 0. The van der Waals surface area contributed by atoms with E-state index in [-0.39, 0.29) is 0 Å². The van der Waals surface area contributed by atoms with Gasteiger partial charge in [-0.15, -0.1) is 0 Å². The van der Waals surface area contributed by atoms with Gasteiger partial charge in [0.2, 0.25) is 0 Å². The van der Waals surface area contributed by atoms with Crippen LogP contribution in [0.4, 0.5) is 0 Å². The van der Waals surface area contributed by atoms with Crippen molar-refractivity contribution in [3.05, 3.63) is 0 Å². The van der Waals surface area contributed by atoms with Crippen LogP contribution in [0, 0.1) is 0 Å². The Morgan fingerprint density at radius 1 is 0.579 bits per heavy atom. The molecule has 1 aliphatic rings. The zero-order valence-corrected chi connectivity index (χ0v) is 13.5. The summed E-state index contributed by atoms with van der Waals surface area (Å²) < 4.78 is 0. The Kier molecular flexibility index (Phi) is 11.6. The van der Waals surface area contributed by atoms with Gasteiger partial charge in [-0.05, 0) is 19.3 Å². The van der Waals surface area contributed by atoms with Gasteiger partial charge in [0.25, 0.3) is 0 Å². The number of unbranched alkanes of at least 4 members (excludes halogenated alkanes) is 9. The van der Waals surface area contributed by atoms with Crippen LogP contribution in [0.1, 0.15) is 96.8 Å². The first-order chi connectivity index (χ1) is 9.43. The van der Waals surface area contributed by atoms with Gasteiger partial charge >= 0.3 is 0 Å². The molecule has 113 valence electrons. The van der Waals surface area contributed by atoms with Gasteiger partial charge in [0.1, 0.15) is 19.6 Å². The molecule has 0 atom stereocenters. The summed E-state index contributed by atoms with van der Waals surface area (Å²) in [6.45, 7) is 6.41. The molecular formula is C18H37N+. The molecule has 0 aliphatic carbocycles. The maximum Gasteiger partial charge on any atom is 0.122 e. The summed E-state index contributed by atoms with van der Waals surface area (Å²) in [6.07, 6.45) is 20.4. The molecule has 0 aromatic heterocycles. The van der Waals surface area contributed by atoms with Crippen LogP contribution in [0.5, 0.6) is 0 Å². The van der Waals surface area contributed by atoms with E-state index in [0.29, 0.717) is 0 Å². The van der Waals surface area contributed by atoms with Gasteiger partial charge in [-0.3, -0.25) is 0 Å². The number of likely N-dealkylation sites (tertiary alicyclic amines) is 1. The predicted octanol–water partition coefficient (Wildman–Crippen LogP) is 5.62. The normalized spacial score (nSPS) is 17.5. The van der Waals surface area contributed by atoms with E-state index >= 15 is 0 Å². The fourth-order valence-electron chi connectivity index (χ4n) is 3.18. The fraction of sp³-hybridized carbons (Fsp3) is 1.00. The standard InChI is InChI=1S/C18H37N/c1-2-3-4-5-6-7-8-9-10-13-16-19-17-14-11-12-15-18-19/h2-18H2,1H3/q+1. The van der Waals surface area contributed by atoms with Crippen molar-refractivity contribution in [3.8, 4) is 0 Å². The molecule has 1 nitrogen and oxygen atoms in total. The Labute approximate surface area is 122 Å². The number of nitrogens with zero attached hydrogens (tertiary/aromatic N) is 1. The fourth-order valence-corrected chi connectivity index (χ4v) is 3.18. The largest absolute Gasteiger partial charge is 0.170 e. The van der Waals surface area contributed by atoms with E-state index in [9.17, 15) is 0 Å². The second-order valence-corrected chi connectivity index (χ2v) is 6.44. The molecule has 1 heteroatoms. The van der Waals surface area contributed by atoms with E-state index in [1.54, 1.807) is 0 Å². The van der Waals surface area contributed by atoms with E-state index < -0.39 is 0 Å². The van der Waals surface area contributed by atoms with Crippen molar-refractivity contribution in [2.75, 3.05) is 19.6 Å². The Morgan fingerprint density at radius 3 is 1.58 bits per heavy atom. The molecule has 0 spiro atoms. The van der Waals surface area contributed by atoms with E-state index in [1.165, 1.54) is 110 Å². The molecule has 0 amide bonds. The van der Waals surface area contributed by atoms with Crippen LogP contribution in [-0.2, 0) is 0 Å². The Bertz CT molecular complexity index is 171. The van der Waals surface area contributed by atoms with Gasteiger partial charge in [0.15, 0.2) is 0 Å². The highest BCUT2D eigenvalue weighted by molar-refractivity contribution is 4.68. The van der Waals surface area contributed by atoms with Crippen LogP contribution in [-0.4, -0.2) is 19.6 Å². The average molecular weight is 268 g/mol. The second-order valence-electron chi connectivity index (χ2n) is 6.44. The number of rotatable bonds is 11. The van der Waals surface area contributed by atoms with Crippen molar-refractivity contribution >= 4 is 0 Å². The molecular weight excluding hydrogens is 230 g/mol. The molecule has 0 N–H and O–H groups in total. The van der Waals surface area contributed by atoms with Crippen LogP contribution in [0.25, 0.3) is 0 Å². The highest BCUT2D eigenvalue weighted by atomic mass is 15.1. The second kappa shape index (κ2) is 13.0. The lowest BCUT2D eigenvalue weighted by atomic mass is 10.1. The zero-order valence-electron chi connectivity index (χ0n) is 13.5. The lowest BCUT2D eigenvalue weighted by Gasteiger charge is -2.09. The summed E-state index contributed by atoms with van der Waals surface area (Å²) >= 11 is 0. The lowest BCUT2D eigenvalue weighted by Crippen LogP contribution is -2.32. The Balaban J connectivity index is 1.78. The van der Waals surface area contributed by atoms with Crippen LogP contribution < -0.4 is 4.90 Å². The minimum Gasteiger partial charge on any atom is -0.170 e. The molecule has 1 heterocycles. The maximum atomic E-state index is 2.71. The molecule has 1 fully saturated rings. The van der Waals surface area contributed by atoms with Crippen LogP contribution in [0.3, 0.4) is 0 Å². The van der Waals surface area contributed by atoms with E-state index in [1.807, 2.05) is 0 Å². The van der Waals surface area contributed by atoms with Crippen molar-refractivity contribution in [2.45, 2.75) is 96.8 Å². The van der Waals surface area contributed by atoms with Gasteiger partial charge in [-0.2, -0.15) is 4.90 Å². The first kappa shape index (κ1) is 17.0. The van der Waals surface area contributed by atoms with Crippen LogP contribution in [0.2, 0.25) is 0 Å². The predicted molar refractivity (Wildman–Crippen MR) is 87.0 cm³/mol. The first-order valence-corrected chi connectivity index (χ1v) is 9.16. The highest BCUT2D eigenvalue weighted by Crippen LogP contribution is 2.12. The molecule has 0 aromatic carbocycles. The minimum absolute atomic E-state index is 1.37. The van der Waals surface area contributed by atoms with Crippen molar-refractivity contribution in [1.82, 2.24) is 4.90 Å². The van der Waals surface area contributed by atoms with Gasteiger partial charge in [-0.25, -0.2) is 0 Å². The first-order valence-electron chi connectivity index (χ1n) is 9.16. The molecule has 1 saturated heterocycles. The van der Waals surface area contributed by atoms with Crippen LogP contribution >= 0.6 is 0 Å². The Hall–Kier alpha value is -0.0400. The third-order valence-electron chi connectivity index (χ3n) is 4.53. The van der Waals surface area contributed by atoms with Gasteiger partial charge in [0.05, 0.1) is 0 Å². The number of hydrogen-bond acceptors (Lipinski definition) is 1. The molecule has 0 unspecified atom stereocenters. The van der Waals surface area contributed by atoms with Crippen molar-refractivity contribution in [2.24, 2.45) is 0 Å². The molecule has 0 bridgehead atoms. The van der Waals surface area contributed by atoms with E-state index in [4.69, 9.17) is 0 Å². The molecule has 0 aromatic rings. The van der Waals surface area contributed by atoms with Crippen molar-refractivity contribution < 1.29 is 0 Å². The summed E-state index contributed by atoms with van der Waals surface area (Å²) in [4.78, 5) is 2.71. The molecule has 1 radical (unpaired) electrons. The summed E-state index contributed by atoms with van der Waals surface area (Å²) in [6, 6.07) is 0. The zero-order chi connectivity index (χ0) is 13.6. The molecule has 19 heavy (non-hydrogen) atoms. The quantitative estimate of drug-likeness (QED) is 0.338. The maximum absolute atomic E-state index is 2.71. The highest BCUT2D eigenvalue weighted by Gasteiger charge is 2.16. The van der Waals surface area contributed by atoms with Gasteiger partial charge in [0, 0.05) is 19.3 Å². The van der Waals surface area contributed by atoms with E-state index in [2.05, 4.69) is 11.8 Å². The number of hydrogen-bond donors (Lipinski definition) is 0. The summed E-state index contributed by atoms with van der Waals surface area (Å²) in [5.41, 5.74) is 0. The average Bonchev–Trinajstić information content (AvgIpc) is 2.69. The minimum atomic E-state index is 1.37. The van der Waals surface area contributed by atoms with Gasteiger partial charge in [-0.1, -0.05) is 58.3 Å². The summed E-state index contributed by atoms with van der Waals surface area (Å²) in [5, 5.41) is 0. The van der Waals surface area contributed by atoms with E-state index in [0.717, 1.165) is 0 Å².